The minimum atomic E-state index is -1.20. The molecule has 1 unspecified atom stereocenters. The number of aliphatic carboxylic acids is 1. The van der Waals surface area contributed by atoms with Gasteiger partial charge in [-0.05, 0) is 11.6 Å². The number of aromatic nitrogens is 2. The highest BCUT2D eigenvalue weighted by Crippen LogP contribution is 2.14. The summed E-state index contributed by atoms with van der Waals surface area (Å²) in [5.41, 5.74) is 1.34. The molecule has 0 aliphatic carbocycles. The maximum absolute atomic E-state index is 12.3. The van der Waals surface area contributed by atoms with Crippen molar-refractivity contribution in [2.24, 2.45) is 0 Å². The van der Waals surface area contributed by atoms with Gasteiger partial charge in [-0.15, -0.1) is 0 Å². The Morgan fingerprint density at radius 2 is 1.59 bits per heavy atom. The summed E-state index contributed by atoms with van der Waals surface area (Å²) in [5, 5.41) is 16.0. The lowest BCUT2D eigenvalue weighted by molar-refractivity contribution is -0.142. The Bertz CT molecular complexity index is 1000. The van der Waals surface area contributed by atoms with Crippen molar-refractivity contribution in [2.45, 2.75) is 12.6 Å². The zero-order valence-corrected chi connectivity index (χ0v) is 14.3. The fourth-order valence-corrected chi connectivity index (χ4v) is 2.60. The number of carbonyl (C=O) groups is 2. The lowest BCUT2D eigenvalue weighted by atomic mass is 10.1. The molecule has 27 heavy (non-hydrogen) atoms. The third kappa shape index (κ3) is 4.46. The van der Waals surface area contributed by atoms with E-state index in [4.69, 9.17) is 0 Å². The highest BCUT2D eigenvalue weighted by atomic mass is 16.4. The van der Waals surface area contributed by atoms with Gasteiger partial charge in [0.25, 0.3) is 5.56 Å². The third-order valence-corrected chi connectivity index (χ3v) is 3.91. The number of carboxylic acids is 1. The van der Waals surface area contributed by atoms with Crippen LogP contribution in [0.4, 0.5) is 0 Å². The van der Waals surface area contributed by atoms with Crippen LogP contribution in [0.1, 0.15) is 11.6 Å². The van der Waals surface area contributed by atoms with E-state index < -0.39 is 23.5 Å². The van der Waals surface area contributed by atoms with Crippen LogP contribution in [0.15, 0.2) is 77.6 Å². The third-order valence-electron chi connectivity index (χ3n) is 3.91. The minimum Gasteiger partial charge on any atom is -0.479 e. The predicted molar refractivity (Wildman–Crippen MR) is 98.9 cm³/mol. The van der Waals surface area contributed by atoms with Crippen LogP contribution in [-0.2, 0) is 16.1 Å². The average Bonchev–Trinajstić information content (AvgIpc) is 2.69. The van der Waals surface area contributed by atoms with E-state index in [0.29, 0.717) is 11.3 Å². The van der Waals surface area contributed by atoms with Crippen LogP contribution < -0.4 is 10.9 Å². The van der Waals surface area contributed by atoms with Crippen molar-refractivity contribution in [1.82, 2.24) is 15.1 Å². The smallest absolute Gasteiger partial charge is 0.330 e. The molecule has 1 heterocycles. The Morgan fingerprint density at radius 3 is 2.22 bits per heavy atom. The van der Waals surface area contributed by atoms with Gasteiger partial charge in [0, 0.05) is 11.6 Å². The Kier molecular flexibility index (Phi) is 5.41. The quantitative estimate of drug-likeness (QED) is 0.696. The van der Waals surface area contributed by atoms with Gasteiger partial charge in [-0.3, -0.25) is 9.59 Å². The van der Waals surface area contributed by atoms with Crippen LogP contribution in [0.5, 0.6) is 0 Å². The molecule has 3 aromatic rings. The molecule has 3 rings (SSSR count). The molecule has 0 aliphatic rings. The molecule has 0 bridgehead atoms. The summed E-state index contributed by atoms with van der Waals surface area (Å²) in [5.74, 6) is -1.81. The fourth-order valence-electron chi connectivity index (χ4n) is 2.60. The van der Waals surface area contributed by atoms with Gasteiger partial charge in [-0.25, -0.2) is 9.48 Å². The Morgan fingerprint density at radius 1 is 0.963 bits per heavy atom. The average molecular weight is 363 g/mol. The Hall–Kier alpha value is -3.74. The summed E-state index contributed by atoms with van der Waals surface area (Å²) in [4.78, 5) is 35.9. The van der Waals surface area contributed by atoms with Crippen molar-refractivity contribution >= 4 is 11.9 Å². The maximum Gasteiger partial charge on any atom is 0.330 e. The predicted octanol–water partition coefficient (Wildman–Crippen LogP) is 1.85. The van der Waals surface area contributed by atoms with Crippen molar-refractivity contribution < 1.29 is 14.7 Å². The second kappa shape index (κ2) is 8.09. The van der Waals surface area contributed by atoms with E-state index >= 15 is 0 Å². The number of nitrogens with zero attached hydrogens (tertiary/aromatic N) is 2. The lowest BCUT2D eigenvalue weighted by Crippen LogP contribution is -2.38. The second-order valence-electron chi connectivity index (χ2n) is 5.83. The number of amides is 1. The van der Waals surface area contributed by atoms with E-state index in [9.17, 15) is 19.5 Å². The Labute approximate surface area is 154 Å². The van der Waals surface area contributed by atoms with E-state index in [0.717, 1.165) is 10.2 Å². The van der Waals surface area contributed by atoms with Crippen LogP contribution >= 0.6 is 0 Å². The topological polar surface area (TPSA) is 101 Å². The van der Waals surface area contributed by atoms with E-state index in [1.807, 2.05) is 30.3 Å². The second-order valence-corrected chi connectivity index (χ2v) is 5.83. The first-order chi connectivity index (χ1) is 13.0. The number of carbonyl (C=O) groups excluding carboxylic acids is 1. The lowest BCUT2D eigenvalue weighted by Gasteiger charge is -2.15. The number of benzene rings is 2. The van der Waals surface area contributed by atoms with Gasteiger partial charge in [-0.1, -0.05) is 60.7 Å². The molecule has 136 valence electrons. The molecule has 0 aliphatic heterocycles. The van der Waals surface area contributed by atoms with Crippen LogP contribution in [-0.4, -0.2) is 26.8 Å². The number of hydrogen-bond acceptors (Lipinski definition) is 4. The van der Waals surface area contributed by atoms with E-state index in [1.54, 1.807) is 36.4 Å². The Balaban J connectivity index is 1.79. The first-order valence-corrected chi connectivity index (χ1v) is 8.25. The van der Waals surface area contributed by atoms with Crippen molar-refractivity contribution in [3.8, 4) is 11.3 Å². The van der Waals surface area contributed by atoms with Crippen LogP contribution in [0, 0.1) is 0 Å². The monoisotopic (exact) mass is 363 g/mol. The molecule has 2 aromatic carbocycles. The summed E-state index contributed by atoms with van der Waals surface area (Å²) in [7, 11) is 0. The molecule has 1 atom stereocenters. The first-order valence-electron chi connectivity index (χ1n) is 8.25. The highest BCUT2D eigenvalue weighted by molar-refractivity contribution is 5.84. The molecule has 1 aromatic heterocycles. The first kappa shape index (κ1) is 18.1. The number of nitrogens with one attached hydrogen (secondary N) is 1. The molecule has 0 spiro atoms. The summed E-state index contributed by atoms with van der Waals surface area (Å²) < 4.78 is 1.02. The molecule has 7 nitrogen and oxygen atoms in total. The van der Waals surface area contributed by atoms with Gasteiger partial charge in [0.2, 0.25) is 5.91 Å². The summed E-state index contributed by atoms with van der Waals surface area (Å²) in [6.45, 7) is -0.379. The summed E-state index contributed by atoms with van der Waals surface area (Å²) in [6, 6.07) is 19.3. The molecule has 0 saturated carbocycles. The van der Waals surface area contributed by atoms with Crippen LogP contribution in [0.3, 0.4) is 0 Å². The molecule has 0 radical (unpaired) electrons. The number of carboxylic acid groups (broad SMARTS) is 1. The van der Waals surface area contributed by atoms with Crippen LogP contribution in [0.2, 0.25) is 0 Å². The minimum absolute atomic E-state index is 0.379. The molecule has 0 saturated heterocycles. The van der Waals surface area contributed by atoms with Gasteiger partial charge in [0.05, 0.1) is 5.69 Å². The van der Waals surface area contributed by atoms with E-state index in [1.165, 1.54) is 6.07 Å². The molecular formula is C20H17N3O4. The largest absolute Gasteiger partial charge is 0.479 e. The summed E-state index contributed by atoms with van der Waals surface area (Å²) >= 11 is 0. The molecular weight excluding hydrogens is 346 g/mol. The highest BCUT2D eigenvalue weighted by Gasteiger charge is 2.22. The van der Waals surface area contributed by atoms with Crippen LogP contribution in [0.25, 0.3) is 11.3 Å². The molecule has 1 amide bonds. The number of hydrogen-bond donors (Lipinski definition) is 2. The standard InChI is InChI=1S/C20H17N3O4/c24-17(21-19(20(26)27)15-9-5-2-6-10-15)13-23-18(25)12-11-16(22-23)14-7-3-1-4-8-14/h1-12,19H,13H2,(H,21,24)(H,26,27). The van der Waals surface area contributed by atoms with Gasteiger partial charge in [0.15, 0.2) is 6.04 Å². The van der Waals surface area contributed by atoms with Gasteiger partial charge < -0.3 is 10.4 Å². The maximum atomic E-state index is 12.3. The van der Waals surface area contributed by atoms with Crippen molar-refractivity contribution in [2.75, 3.05) is 0 Å². The van der Waals surface area contributed by atoms with Crippen molar-refractivity contribution in [3.05, 3.63) is 88.7 Å². The van der Waals surface area contributed by atoms with Gasteiger partial charge in [-0.2, -0.15) is 5.10 Å². The molecule has 0 fully saturated rings. The van der Waals surface area contributed by atoms with Gasteiger partial charge in [0.1, 0.15) is 6.54 Å². The van der Waals surface area contributed by atoms with Gasteiger partial charge >= 0.3 is 5.97 Å². The SMILES string of the molecule is O=C(Cn1nc(-c2ccccc2)ccc1=O)NC(C(=O)O)c1ccccc1. The zero-order valence-electron chi connectivity index (χ0n) is 14.3. The van der Waals surface area contributed by atoms with E-state index in [-0.39, 0.29) is 6.54 Å². The zero-order chi connectivity index (χ0) is 19.2. The molecule has 2 N–H and O–H groups in total. The van der Waals surface area contributed by atoms with Crippen molar-refractivity contribution in [1.29, 1.82) is 0 Å². The normalized spacial score (nSPS) is 11.6. The fraction of sp³-hybridized carbons (Fsp3) is 0.100. The van der Waals surface area contributed by atoms with Crippen molar-refractivity contribution in [3.63, 3.8) is 0 Å². The number of rotatable bonds is 6. The molecule has 7 heteroatoms. The summed E-state index contributed by atoms with van der Waals surface area (Å²) in [6.07, 6.45) is 0. The van der Waals surface area contributed by atoms with E-state index in [2.05, 4.69) is 10.4 Å².